The smallest absolute Gasteiger partial charge is 0.0977 e. The average molecular weight is 151 g/mol. The molecule has 2 unspecified atom stereocenters. The zero-order valence-corrected chi connectivity index (χ0v) is 6.23. The number of alkyl halides is 1. The lowest BCUT2D eigenvalue weighted by molar-refractivity contribution is 0.184. The highest BCUT2D eigenvalue weighted by atomic mass is 35.5. The molecule has 0 aromatic heterocycles. The van der Waals surface area contributed by atoms with Crippen molar-refractivity contribution in [3.05, 3.63) is 0 Å². The van der Waals surface area contributed by atoms with E-state index in [0.717, 1.165) is 13.0 Å². The molecule has 2 atom stereocenters. The fraction of sp³-hybridized carbons (Fsp3) is 1.00. The molecule has 0 N–H and O–H groups in total. The summed E-state index contributed by atoms with van der Waals surface area (Å²) >= 11 is 5.51. The first-order valence-electron chi connectivity index (χ1n) is 3.09. The lowest BCUT2D eigenvalue weighted by Gasteiger charge is -1.91. The molecule has 0 amide bonds. The molecule has 1 aliphatic heterocycles. The molecule has 54 valence electrons. The van der Waals surface area contributed by atoms with Gasteiger partial charge in [-0.25, -0.2) is 0 Å². The van der Waals surface area contributed by atoms with Gasteiger partial charge in [-0.2, -0.15) is 0 Å². The molecule has 3 heteroatoms. The lowest BCUT2D eigenvalue weighted by Crippen LogP contribution is -1.99. The maximum Gasteiger partial charge on any atom is 0.0977 e. The highest BCUT2D eigenvalue weighted by Gasteiger charge is 2.36. The number of rotatable bonds is 4. The van der Waals surface area contributed by atoms with Gasteiger partial charge in [0.15, 0.2) is 0 Å². The molecule has 0 saturated carbocycles. The summed E-state index contributed by atoms with van der Waals surface area (Å²) in [5, 5.41) is 0. The molecule has 1 aliphatic rings. The van der Waals surface area contributed by atoms with E-state index < -0.39 is 0 Å². The molecular formula is C6H11ClO2. The Kier molecular flexibility index (Phi) is 2.76. The Morgan fingerprint density at radius 3 is 2.78 bits per heavy atom. The molecule has 0 spiro atoms. The number of hydrogen-bond donors (Lipinski definition) is 0. The maximum atomic E-state index is 5.51. The van der Waals surface area contributed by atoms with Gasteiger partial charge < -0.3 is 9.47 Å². The average Bonchev–Trinajstić information content (AvgIpc) is 2.62. The highest BCUT2D eigenvalue weighted by molar-refractivity contribution is 6.18. The number of methoxy groups -OCH3 is 1. The fourth-order valence-corrected chi connectivity index (χ4v) is 1.07. The molecule has 9 heavy (non-hydrogen) atoms. The third-order valence-electron chi connectivity index (χ3n) is 1.45. The minimum atomic E-state index is 0.307. The molecule has 1 saturated heterocycles. The summed E-state index contributed by atoms with van der Waals surface area (Å²) in [4.78, 5) is 0. The van der Waals surface area contributed by atoms with Gasteiger partial charge in [0.1, 0.15) is 0 Å². The van der Waals surface area contributed by atoms with Crippen molar-refractivity contribution in [2.24, 2.45) is 0 Å². The Morgan fingerprint density at radius 2 is 2.33 bits per heavy atom. The van der Waals surface area contributed by atoms with Crippen LogP contribution < -0.4 is 0 Å². The van der Waals surface area contributed by atoms with Gasteiger partial charge in [-0.15, -0.1) is 11.6 Å². The van der Waals surface area contributed by atoms with Gasteiger partial charge in [0, 0.05) is 13.7 Å². The monoisotopic (exact) mass is 150 g/mol. The first kappa shape index (κ1) is 7.32. The van der Waals surface area contributed by atoms with Crippen LogP contribution in [-0.4, -0.2) is 31.8 Å². The normalized spacial score (nSPS) is 32.7. The van der Waals surface area contributed by atoms with E-state index in [-0.39, 0.29) is 0 Å². The second kappa shape index (κ2) is 3.40. The first-order valence-corrected chi connectivity index (χ1v) is 3.62. The van der Waals surface area contributed by atoms with Crippen molar-refractivity contribution in [1.82, 2.24) is 0 Å². The molecular weight excluding hydrogens is 140 g/mol. The topological polar surface area (TPSA) is 21.8 Å². The van der Waals surface area contributed by atoms with Crippen molar-refractivity contribution in [2.45, 2.75) is 18.6 Å². The molecule has 0 aromatic carbocycles. The van der Waals surface area contributed by atoms with Gasteiger partial charge in [-0.3, -0.25) is 0 Å². The van der Waals surface area contributed by atoms with Crippen molar-refractivity contribution < 1.29 is 9.47 Å². The minimum absolute atomic E-state index is 0.307. The SMILES string of the molecule is COCCC1OC1CCl. The summed E-state index contributed by atoms with van der Waals surface area (Å²) in [6, 6.07) is 0. The first-order chi connectivity index (χ1) is 4.38. The summed E-state index contributed by atoms with van der Waals surface area (Å²) < 4.78 is 10.0. The van der Waals surface area contributed by atoms with Crippen LogP contribution in [0.4, 0.5) is 0 Å². The summed E-state index contributed by atoms with van der Waals surface area (Å²) in [6.07, 6.45) is 1.66. The molecule has 0 aromatic rings. The minimum Gasteiger partial charge on any atom is -0.385 e. The summed E-state index contributed by atoms with van der Waals surface area (Å²) in [6.45, 7) is 0.776. The van der Waals surface area contributed by atoms with Crippen LogP contribution in [0.15, 0.2) is 0 Å². The highest BCUT2D eigenvalue weighted by Crippen LogP contribution is 2.25. The summed E-state index contributed by atoms with van der Waals surface area (Å²) in [5.74, 6) is 0.619. The van der Waals surface area contributed by atoms with E-state index in [4.69, 9.17) is 21.1 Å². The van der Waals surface area contributed by atoms with Crippen LogP contribution in [0.1, 0.15) is 6.42 Å². The number of epoxide rings is 1. The zero-order valence-electron chi connectivity index (χ0n) is 5.47. The fourth-order valence-electron chi connectivity index (χ4n) is 0.803. The Labute approximate surface area is 60.1 Å². The second-order valence-corrected chi connectivity index (χ2v) is 2.46. The quantitative estimate of drug-likeness (QED) is 0.441. The van der Waals surface area contributed by atoms with E-state index in [1.165, 1.54) is 0 Å². The molecule has 0 bridgehead atoms. The van der Waals surface area contributed by atoms with E-state index in [0.29, 0.717) is 18.1 Å². The van der Waals surface area contributed by atoms with Gasteiger partial charge in [0.2, 0.25) is 0 Å². The van der Waals surface area contributed by atoms with Crippen LogP contribution in [0.5, 0.6) is 0 Å². The Balaban J connectivity index is 1.92. The van der Waals surface area contributed by atoms with Crippen LogP contribution >= 0.6 is 11.6 Å². The molecule has 0 radical (unpaired) electrons. The van der Waals surface area contributed by atoms with Crippen LogP contribution in [0, 0.1) is 0 Å². The van der Waals surface area contributed by atoms with E-state index in [9.17, 15) is 0 Å². The van der Waals surface area contributed by atoms with E-state index >= 15 is 0 Å². The van der Waals surface area contributed by atoms with E-state index in [1.54, 1.807) is 7.11 Å². The van der Waals surface area contributed by atoms with Crippen molar-refractivity contribution in [1.29, 1.82) is 0 Å². The van der Waals surface area contributed by atoms with Gasteiger partial charge in [0.25, 0.3) is 0 Å². The molecule has 1 heterocycles. The third kappa shape index (κ3) is 2.12. The van der Waals surface area contributed by atoms with Crippen LogP contribution in [-0.2, 0) is 9.47 Å². The van der Waals surface area contributed by atoms with Gasteiger partial charge in [-0.05, 0) is 6.42 Å². The Bertz CT molecular complexity index is 87.1. The molecule has 1 fully saturated rings. The van der Waals surface area contributed by atoms with Crippen LogP contribution in [0.2, 0.25) is 0 Å². The largest absolute Gasteiger partial charge is 0.385 e. The summed E-state index contributed by atoms with van der Waals surface area (Å²) in [5.41, 5.74) is 0. The van der Waals surface area contributed by atoms with Crippen molar-refractivity contribution in [3.63, 3.8) is 0 Å². The zero-order chi connectivity index (χ0) is 6.69. The Hall–Kier alpha value is 0.210. The molecule has 2 nitrogen and oxygen atoms in total. The number of hydrogen-bond acceptors (Lipinski definition) is 2. The van der Waals surface area contributed by atoms with Crippen molar-refractivity contribution in [3.8, 4) is 0 Å². The van der Waals surface area contributed by atoms with Gasteiger partial charge in [-0.1, -0.05) is 0 Å². The third-order valence-corrected chi connectivity index (χ3v) is 1.75. The maximum absolute atomic E-state index is 5.51. The van der Waals surface area contributed by atoms with Gasteiger partial charge in [0.05, 0.1) is 18.1 Å². The van der Waals surface area contributed by atoms with E-state index in [1.807, 2.05) is 0 Å². The van der Waals surface area contributed by atoms with Crippen LogP contribution in [0.25, 0.3) is 0 Å². The van der Waals surface area contributed by atoms with Crippen molar-refractivity contribution in [2.75, 3.05) is 19.6 Å². The lowest BCUT2D eigenvalue weighted by atomic mass is 10.3. The standard InChI is InChI=1S/C6H11ClO2/c1-8-3-2-5-6(4-7)9-5/h5-6H,2-4H2,1H3. The van der Waals surface area contributed by atoms with Crippen LogP contribution in [0.3, 0.4) is 0 Å². The predicted octanol–water partition coefficient (Wildman–Crippen LogP) is 1.03. The van der Waals surface area contributed by atoms with Gasteiger partial charge >= 0.3 is 0 Å². The Morgan fingerprint density at radius 1 is 1.56 bits per heavy atom. The molecule has 0 aliphatic carbocycles. The second-order valence-electron chi connectivity index (χ2n) is 2.15. The predicted molar refractivity (Wildman–Crippen MR) is 35.9 cm³/mol. The summed E-state index contributed by atoms with van der Waals surface area (Å²) in [7, 11) is 1.69. The molecule has 1 rings (SSSR count). The van der Waals surface area contributed by atoms with Crippen molar-refractivity contribution >= 4 is 11.6 Å². The number of ether oxygens (including phenoxy) is 2. The number of halogens is 1. The van der Waals surface area contributed by atoms with E-state index in [2.05, 4.69) is 0 Å².